The lowest BCUT2D eigenvalue weighted by atomic mass is 10.0. The highest BCUT2D eigenvalue weighted by Crippen LogP contribution is 2.16. The van der Waals surface area contributed by atoms with Crippen molar-refractivity contribution >= 4 is 5.91 Å². The van der Waals surface area contributed by atoms with Gasteiger partial charge in [0.1, 0.15) is 11.6 Å². The first kappa shape index (κ1) is 14.4. The van der Waals surface area contributed by atoms with E-state index in [9.17, 15) is 14.3 Å². The number of ether oxygens (including phenoxy) is 1. The van der Waals surface area contributed by atoms with Crippen LogP contribution in [0.15, 0.2) is 18.2 Å². The topological polar surface area (TPSA) is 58.6 Å². The van der Waals surface area contributed by atoms with Gasteiger partial charge in [0.15, 0.2) is 0 Å². The molecule has 0 aliphatic rings. The van der Waals surface area contributed by atoms with Crippen molar-refractivity contribution in [1.29, 1.82) is 0 Å². The molecule has 4 nitrogen and oxygen atoms in total. The molecule has 0 aliphatic carbocycles. The predicted molar refractivity (Wildman–Crippen MR) is 66.2 cm³/mol. The highest BCUT2D eigenvalue weighted by atomic mass is 19.1. The number of nitrogens with one attached hydrogen (secondary N) is 1. The standard InChI is InChI=1S/C13H18FNO3/c1-4-13(2,17)8-15-12(16)10-6-5-9(18-3)7-11(10)14/h5-7,17H,4,8H2,1-3H3,(H,15,16). The Morgan fingerprint density at radius 3 is 2.72 bits per heavy atom. The average Bonchev–Trinajstić information content (AvgIpc) is 2.36. The third-order valence-electron chi connectivity index (χ3n) is 2.81. The Balaban J connectivity index is 2.73. The lowest BCUT2D eigenvalue weighted by Gasteiger charge is -2.21. The van der Waals surface area contributed by atoms with Gasteiger partial charge in [-0.25, -0.2) is 4.39 Å². The highest BCUT2D eigenvalue weighted by Gasteiger charge is 2.20. The first-order valence-corrected chi connectivity index (χ1v) is 5.73. The van der Waals surface area contributed by atoms with Gasteiger partial charge in [0, 0.05) is 12.6 Å². The average molecular weight is 255 g/mol. The molecule has 100 valence electrons. The van der Waals surface area contributed by atoms with E-state index in [0.717, 1.165) is 6.07 Å². The van der Waals surface area contributed by atoms with E-state index in [1.165, 1.54) is 19.2 Å². The lowest BCUT2D eigenvalue weighted by molar-refractivity contribution is 0.0517. The van der Waals surface area contributed by atoms with E-state index in [0.29, 0.717) is 12.2 Å². The molecule has 2 N–H and O–H groups in total. The minimum atomic E-state index is -0.987. The Morgan fingerprint density at radius 2 is 2.22 bits per heavy atom. The van der Waals surface area contributed by atoms with Crippen LogP contribution in [0, 0.1) is 5.82 Å². The van der Waals surface area contributed by atoms with Crippen molar-refractivity contribution in [3.05, 3.63) is 29.6 Å². The number of carbonyl (C=O) groups is 1. The number of methoxy groups -OCH3 is 1. The fourth-order valence-corrected chi connectivity index (χ4v) is 1.30. The number of benzene rings is 1. The second-order valence-corrected chi connectivity index (χ2v) is 4.38. The normalized spacial score (nSPS) is 13.8. The minimum absolute atomic E-state index is 0.0669. The number of amides is 1. The first-order valence-electron chi connectivity index (χ1n) is 5.73. The Morgan fingerprint density at radius 1 is 1.56 bits per heavy atom. The zero-order valence-electron chi connectivity index (χ0n) is 10.8. The van der Waals surface area contributed by atoms with E-state index < -0.39 is 17.3 Å². The van der Waals surface area contributed by atoms with Crippen LogP contribution in [0.4, 0.5) is 4.39 Å². The Kier molecular flexibility index (Phi) is 4.67. The van der Waals surface area contributed by atoms with Gasteiger partial charge >= 0.3 is 0 Å². The maximum atomic E-state index is 13.6. The molecule has 1 rings (SSSR count). The molecule has 1 amide bonds. The maximum Gasteiger partial charge on any atom is 0.254 e. The second kappa shape index (κ2) is 5.82. The second-order valence-electron chi connectivity index (χ2n) is 4.38. The lowest BCUT2D eigenvalue weighted by Crippen LogP contribution is -2.40. The molecule has 0 bridgehead atoms. The van der Waals surface area contributed by atoms with E-state index in [-0.39, 0.29) is 12.1 Å². The van der Waals surface area contributed by atoms with E-state index in [4.69, 9.17) is 4.74 Å². The van der Waals surface area contributed by atoms with Crippen LogP contribution >= 0.6 is 0 Å². The van der Waals surface area contributed by atoms with Gasteiger partial charge in [-0.05, 0) is 25.5 Å². The summed E-state index contributed by atoms with van der Waals surface area (Å²) in [5.74, 6) is -0.850. The Bertz CT molecular complexity index is 432. The summed E-state index contributed by atoms with van der Waals surface area (Å²) in [6.45, 7) is 3.49. The van der Waals surface area contributed by atoms with E-state index >= 15 is 0 Å². The van der Waals surface area contributed by atoms with Crippen molar-refractivity contribution in [1.82, 2.24) is 5.32 Å². The number of hydrogen-bond acceptors (Lipinski definition) is 3. The van der Waals surface area contributed by atoms with Crippen molar-refractivity contribution in [2.75, 3.05) is 13.7 Å². The van der Waals surface area contributed by atoms with Gasteiger partial charge in [-0.2, -0.15) is 0 Å². The third-order valence-corrected chi connectivity index (χ3v) is 2.81. The predicted octanol–water partition coefficient (Wildman–Crippen LogP) is 1.73. The summed E-state index contributed by atoms with van der Waals surface area (Å²) in [5, 5.41) is 12.2. The Hall–Kier alpha value is -1.62. The molecule has 5 heteroatoms. The molecule has 1 atom stereocenters. The molecule has 0 saturated carbocycles. The van der Waals surface area contributed by atoms with E-state index in [2.05, 4.69) is 5.32 Å². The van der Waals surface area contributed by atoms with Gasteiger partial charge in [-0.15, -0.1) is 0 Å². The summed E-state index contributed by atoms with van der Waals surface area (Å²) >= 11 is 0. The van der Waals surface area contributed by atoms with Crippen molar-refractivity contribution in [3.8, 4) is 5.75 Å². The van der Waals surface area contributed by atoms with Crippen LogP contribution in [0.3, 0.4) is 0 Å². The molecule has 18 heavy (non-hydrogen) atoms. The van der Waals surface area contributed by atoms with E-state index in [1.807, 2.05) is 0 Å². The monoisotopic (exact) mass is 255 g/mol. The van der Waals surface area contributed by atoms with Crippen molar-refractivity contribution in [2.24, 2.45) is 0 Å². The molecule has 1 aromatic carbocycles. The van der Waals surface area contributed by atoms with Crippen molar-refractivity contribution in [3.63, 3.8) is 0 Å². The molecule has 0 fully saturated rings. The number of aliphatic hydroxyl groups is 1. The molecule has 0 saturated heterocycles. The first-order chi connectivity index (χ1) is 8.39. The zero-order chi connectivity index (χ0) is 13.8. The smallest absolute Gasteiger partial charge is 0.254 e. The summed E-state index contributed by atoms with van der Waals surface area (Å²) in [6.07, 6.45) is 0.498. The van der Waals surface area contributed by atoms with Crippen molar-refractivity contribution in [2.45, 2.75) is 25.9 Å². The summed E-state index contributed by atoms with van der Waals surface area (Å²) in [6, 6.07) is 4.01. The van der Waals surface area contributed by atoms with Crippen molar-refractivity contribution < 1.29 is 19.0 Å². The number of rotatable bonds is 5. The van der Waals surface area contributed by atoms with Crippen LogP contribution in [-0.4, -0.2) is 30.3 Å². The third kappa shape index (κ3) is 3.70. The fourth-order valence-electron chi connectivity index (χ4n) is 1.30. The molecule has 0 heterocycles. The van der Waals surface area contributed by atoms with Gasteiger partial charge in [0.2, 0.25) is 0 Å². The Labute approximate surface area is 106 Å². The quantitative estimate of drug-likeness (QED) is 0.842. The van der Waals surface area contributed by atoms with Crippen LogP contribution in [0.1, 0.15) is 30.6 Å². The van der Waals surface area contributed by atoms with Crippen LogP contribution < -0.4 is 10.1 Å². The summed E-state index contributed by atoms with van der Waals surface area (Å²) < 4.78 is 18.4. The number of hydrogen-bond donors (Lipinski definition) is 2. The van der Waals surface area contributed by atoms with Crippen LogP contribution in [0.25, 0.3) is 0 Å². The van der Waals surface area contributed by atoms with Gasteiger partial charge < -0.3 is 15.2 Å². The number of halogens is 1. The molecular weight excluding hydrogens is 237 g/mol. The molecule has 1 unspecified atom stereocenters. The number of carbonyl (C=O) groups excluding carboxylic acids is 1. The zero-order valence-corrected chi connectivity index (χ0v) is 10.8. The molecular formula is C13H18FNO3. The largest absolute Gasteiger partial charge is 0.497 e. The molecule has 0 aliphatic heterocycles. The molecule has 0 aromatic heterocycles. The van der Waals surface area contributed by atoms with Gasteiger partial charge in [-0.1, -0.05) is 6.92 Å². The van der Waals surface area contributed by atoms with Crippen LogP contribution in [-0.2, 0) is 0 Å². The summed E-state index contributed by atoms with van der Waals surface area (Å²) in [5.41, 5.74) is -1.05. The molecule has 0 spiro atoms. The molecule has 1 aromatic rings. The van der Waals surface area contributed by atoms with Gasteiger partial charge in [0.25, 0.3) is 5.91 Å². The summed E-state index contributed by atoms with van der Waals surface area (Å²) in [7, 11) is 1.42. The van der Waals surface area contributed by atoms with Crippen LogP contribution in [0.5, 0.6) is 5.75 Å². The van der Waals surface area contributed by atoms with Crippen LogP contribution in [0.2, 0.25) is 0 Å². The molecule has 0 radical (unpaired) electrons. The minimum Gasteiger partial charge on any atom is -0.497 e. The summed E-state index contributed by atoms with van der Waals surface area (Å²) in [4.78, 5) is 11.7. The van der Waals surface area contributed by atoms with E-state index in [1.54, 1.807) is 13.8 Å². The van der Waals surface area contributed by atoms with Gasteiger partial charge in [-0.3, -0.25) is 4.79 Å². The fraction of sp³-hybridized carbons (Fsp3) is 0.462. The maximum absolute atomic E-state index is 13.6. The highest BCUT2D eigenvalue weighted by molar-refractivity contribution is 5.94. The SMILES string of the molecule is CCC(C)(O)CNC(=O)c1ccc(OC)cc1F. The van der Waals surface area contributed by atoms with Gasteiger partial charge in [0.05, 0.1) is 18.3 Å².